The van der Waals surface area contributed by atoms with Crippen LogP contribution in [0.2, 0.25) is 5.02 Å². The fourth-order valence-electron chi connectivity index (χ4n) is 3.04. The molecule has 0 saturated heterocycles. The average Bonchev–Trinajstić information content (AvgIpc) is 3.18. The summed E-state index contributed by atoms with van der Waals surface area (Å²) < 4.78 is 1.61. The molecule has 29 heavy (non-hydrogen) atoms. The zero-order valence-electron chi connectivity index (χ0n) is 16.1. The molecule has 6 heteroatoms. The van der Waals surface area contributed by atoms with E-state index in [2.05, 4.69) is 15.4 Å². The molecule has 0 saturated carbocycles. The Morgan fingerprint density at radius 2 is 1.66 bits per heavy atom. The number of anilines is 1. The first-order valence-electron chi connectivity index (χ1n) is 9.19. The number of aryl methyl sites for hydroxylation is 1. The second-order valence-electron chi connectivity index (χ2n) is 6.69. The Kier molecular flexibility index (Phi) is 5.14. The van der Waals surface area contributed by atoms with Gasteiger partial charge in [0.15, 0.2) is 5.82 Å². The maximum absolute atomic E-state index is 12.9. The fourth-order valence-corrected chi connectivity index (χ4v) is 3.25. The number of carbonyl (C=O) groups excluding carboxylic acids is 1. The van der Waals surface area contributed by atoms with Crippen LogP contribution in [0.1, 0.15) is 21.7 Å². The lowest BCUT2D eigenvalue weighted by molar-refractivity contribution is 0.101. The lowest BCUT2D eigenvalue weighted by Gasteiger charge is -2.08. The number of aromatic nitrogens is 3. The number of hydrogen-bond acceptors (Lipinski definition) is 3. The molecular formula is C23H19ClN4O. The smallest absolute Gasteiger partial charge is 0.295 e. The molecule has 0 aliphatic heterocycles. The largest absolute Gasteiger partial charge is 0.319 e. The number of benzene rings is 3. The van der Waals surface area contributed by atoms with Crippen molar-refractivity contribution in [2.45, 2.75) is 13.8 Å². The molecule has 3 aromatic carbocycles. The Hall–Kier alpha value is -3.44. The summed E-state index contributed by atoms with van der Waals surface area (Å²) in [6, 6.07) is 22.7. The SMILES string of the molecule is Cc1cccc(NC(=O)c2nc(-c3ccccc3)n(-c3ccccc3Cl)n2)c1C. The lowest BCUT2D eigenvalue weighted by atomic mass is 10.1. The van der Waals surface area contributed by atoms with Crippen molar-refractivity contribution >= 4 is 23.2 Å². The van der Waals surface area contributed by atoms with Crippen LogP contribution >= 0.6 is 11.6 Å². The van der Waals surface area contributed by atoms with Gasteiger partial charge >= 0.3 is 0 Å². The molecule has 0 aliphatic rings. The minimum Gasteiger partial charge on any atom is -0.319 e. The van der Waals surface area contributed by atoms with E-state index in [0.717, 1.165) is 22.4 Å². The van der Waals surface area contributed by atoms with Gasteiger partial charge in [0.05, 0.1) is 10.7 Å². The molecule has 1 N–H and O–H groups in total. The third kappa shape index (κ3) is 3.77. The number of para-hydroxylation sites is 1. The summed E-state index contributed by atoms with van der Waals surface area (Å²) >= 11 is 6.39. The summed E-state index contributed by atoms with van der Waals surface area (Å²) in [5, 5.41) is 7.91. The maximum atomic E-state index is 12.9. The van der Waals surface area contributed by atoms with Crippen LogP contribution in [0.4, 0.5) is 5.69 Å². The number of nitrogens with zero attached hydrogens (tertiary/aromatic N) is 3. The van der Waals surface area contributed by atoms with Crippen molar-refractivity contribution < 1.29 is 4.79 Å². The highest BCUT2D eigenvalue weighted by Crippen LogP contribution is 2.26. The van der Waals surface area contributed by atoms with Crippen LogP contribution in [0.25, 0.3) is 17.1 Å². The quantitative estimate of drug-likeness (QED) is 0.493. The van der Waals surface area contributed by atoms with Gasteiger partial charge in [0.1, 0.15) is 0 Å². The van der Waals surface area contributed by atoms with Crippen molar-refractivity contribution in [2.24, 2.45) is 0 Å². The van der Waals surface area contributed by atoms with Gasteiger partial charge in [0.25, 0.3) is 5.91 Å². The molecule has 0 unspecified atom stereocenters. The van der Waals surface area contributed by atoms with E-state index in [-0.39, 0.29) is 11.7 Å². The van der Waals surface area contributed by atoms with E-state index in [1.807, 2.05) is 80.6 Å². The molecule has 5 nitrogen and oxygen atoms in total. The van der Waals surface area contributed by atoms with Crippen LogP contribution in [-0.2, 0) is 0 Å². The summed E-state index contributed by atoms with van der Waals surface area (Å²) in [5.74, 6) is 0.246. The van der Waals surface area contributed by atoms with E-state index in [9.17, 15) is 4.79 Å². The van der Waals surface area contributed by atoms with Crippen molar-refractivity contribution in [1.29, 1.82) is 0 Å². The molecule has 144 valence electrons. The van der Waals surface area contributed by atoms with Gasteiger partial charge < -0.3 is 5.32 Å². The lowest BCUT2D eigenvalue weighted by Crippen LogP contribution is -2.15. The highest BCUT2D eigenvalue weighted by Gasteiger charge is 2.20. The van der Waals surface area contributed by atoms with Crippen molar-refractivity contribution in [2.75, 3.05) is 5.32 Å². The normalized spacial score (nSPS) is 10.7. The van der Waals surface area contributed by atoms with Crippen molar-refractivity contribution in [3.05, 3.63) is 94.8 Å². The first-order chi connectivity index (χ1) is 14.0. The Balaban J connectivity index is 1.78. The van der Waals surface area contributed by atoms with Gasteiger partial charge in [0, 0.05) is 11.3 Å². The van der Waals surface area contributed by atoms with Crippen LogP contribution in [0.3, 0.4) is 0 Å². The summed E-state index contributed by atoms with van der Waals surface area (Å²) in [6.45, 7) is 3.97. The van der Waals surface area contributed by atoms with Crippen molar-refractivity contribution in [3.63, 3.8) is 0 Å². The highest BCUT2D eigenvalue weighted by molar-refractivity contribution is 6.32. The van der Waals surface area contributed by atoms with E-state index in [1.165, 1.54) is 0 Å². The summed E-state index contributed by atoms with van der Waals surface area (Å²) in [7, 11) is 0. The monoisotopic (exact) mass is 402 g/mol. The number of halogens is 1. The predicted octanol–water partition coefficient (Wildman–Crippen LogP) is 5.46. The minimum atomic E-state index is -0.373. The zero-order valence-corrected chi connectivity index (χ0v) is 16.8. The minimum absolute atomic E-state index is 0.0738. The maximum Gasteiger partial charge on any atom is 0.295 e. The molecule has 4 rings (SSSR count). The Labute approximate surface area is 174 Å². The van der Waals surface area contributed by atoms with E-state index < -0.39 is 0 Å². The van der Waals surface area contributed by atoms with Crippen LogP contribution in [0.15, 0.2) is 72.8 Å². The molecule has 1 aromatic heterocycles. The number of nitrogens with one attached hydrogen (secondary N) is 1. The van der Waals surface area contributed by atoms with E-state index >= 15 is 0 Å². The highest BCUT2D eigenvalue weighted by atomic mass is 35.5. The van der Waals surface area contributed by atoms with Gasteiger partial charge in [-0.25, -0.2) is 9.67 Å². The standard InChI is InChI=1S/C23H19ClN4O/c1-15-9-8-13-19(16(15)2)25-23(29)21-26-22(17-10-4-3-5-11-17)28(27-21)20-14-7-6-12-18(20)24/h3-14H,1-2H3,(H,25,29). The third-order valence-electron chi connectivity index (χ3n) is 4.78. The van der Waals surface area contributed by atoms with E-state index in [4.69, 9.17) is 11.6 Å². The van der Waals surface area contributed by atoms with Crippen molar-refractivity contribution in [1.82, 2.24) is 14.8 Å². The first-order valence-corrected chi connectivity index (χ1v) is 9.57. The summed E-state index contributed by atoms with van der Waals surface area (Å²) in [6.07, 6.45) is 0. The zero-order chi connectivity index (χ0) is 20.4. The van der Waals surface area contributed by atoms with Gasteiger partial charge in [-0.1, -0.05) is 66.2 Å². The van der Waals surface area contributed by atoms with Crippen LogP contribution in [0, 0.1) is 13.8 Å². The van der Waals surface area contributed by atoms with Crippen LogP contribution in [0.5, 0.6) is 0 Å². The molecule has 0 aliphatic carbocycles. The average molecular weight is 403 g/mol. The Bertz CT molecular complexity index is 1180. The third-order valence-corrected chi connectivity index (χ3v) is 5.10. The fraction of sp³-hybridized carbons (Fsp3) is 0.0870. The molecule has 1 amide bonds. The Morgan fingerprint density at radius 1 is 0.931 bits per heavy atom. The summed E-state index contributed by atoms with van der Waals surface area (Å²) in [5.41, 5.74) is 4.35. The van der Waals surface area contributed by atoms with Gasteiger partial charge in [-0.05, 0) is 43.2 Å². The topological polar surface area (TPSA) is 59.8 Å². The molecule has 0 bridgehead atoms. The molecule has 0 radical (unpaired) electrons. The summed E-state index contributed by atoms with van der Waals surface area (Å²) in [4.78, 5) is 17.4. The number of rotatable bonds is 4. The van der Waals surface area contributed by atoms with E-state index in [0.29, 0.717) is 16.5 Å². The van der Waals surface area contributed by atoms with Gasteiger partial charge in [-0.15, -0.1) is 5.10 Å². The van der Waals surface area contributed by atoms with Crippen LogP contribution in [-0.4, -0.2) is 20.7 Å². The second kappa shape index (κ2) is 7.89. The molecule has 0 fully saturated rings. The Morgan fingerprint density at radius 3 is 2.41 bits per heavy atom. The molecule has 1 heterocycles. The van der Waals surface area contributed by atoms with Gasteiger partial charge in [-0.2, -0.15) is 0 Å². The van der Waals surface area contributed by atoms with E-state index in [1.54, 1.807) is 10.7 Å². The van der Waals surface area contributed by atoms with Gasteiger partial charge in [0.2, 0.25) is 5.82 Å². The van der Waals surface area contributed by atoms with Crippen molar-refractivity contribution in [3.8, 4) is 17.1 Å². The second-order valence-corrected chi connectivity index (χ2v) is 7.10. The van der Waals surface area contributed by atoms with Gasteiger partial charge in [-0.3, -0.25) is 4.79 Å². The first kappa shape index (κ1) is 18.9. The predicted molar refractivity (Wildman–Crippen MR) is 116 cm³/mol. The number of carbonyl (C=O) groups is 1. The molecule has 4 aromatic rings. The number of hydrogen-bond donors (Lipinski definition) is 1. The molecule has 0 spiro atoms. The molecule has 0 atom stereocenters. The van der Waals surface area contributed by atoms with Crippen LogP contribution < -0.4 is 5.32 Å². The number of amides is 1. The molecular weight excluding hydrogens is 384 g/mol.